The zero-order valence-corrected chi connectivity index (χ0v) is 13.5. The number of rotatable bonds is 5. The average Bonchev–Trinajstić information content (AvgIpc) is 2.48. The summed E-state index contributed by atoms with van der Waals surface area (Å²) in [5.41, 5.74) is 0.101. The van der Waals surface area contributed by atoms with Gasteiger partial charge >= 0.3 is 29.6 Å². The SMILES string of the molecule is O=C([O-])c1ccccc1ON=Nc1ccc([N+](=O)[O-])cc1.[Na+]. The van der Waals surface area contributed by atoms with Crippen LogP contribution in [0.2, 0.25) is 0 Å². The second kappa shape index (κ2) is 8.23. The van der Waals surface area contributed by atoms with Crippen LogP contribution < -0.4 is 39.5 Å². The van der Waals surface area contributed by atoms with Crippen molar-refractivity contribution in [1.82, 2.24) is 0 Å². The van der Waals surface area contributed by atoms with Crippen LogP contribution in [0.4, 0.5) is 11.4 Å². The van der Waals surface area contributed by atoms with Crippen molar-refractivity contribution in [1.29, 1.82) is 0 Å². The topological polar surface area (TPSA) is 117 Å². The molecule has 0 N–H and O–H groups in total. The summed E-state index contributed by atoms with van der Waals surface area (Å²) in [6.07, 6.45) is 0. The summed E-state index contributed by atoms with van der Waals surface area (Å²) < 4.78 is 0. The molecule has 0 unspecified atom stereocenters. The Balaban J connectivity index is 0.00000242. The van der Waals surface area contributed by atoms with E-state index in [1.807, 2.05) is 0 Å². The molecule has 0 aliphatic heterocycles. The zero-order valence-electron chi connectivity index (χ0n) is 11.5. The predicted octanol–water partition coefficient (Wildman–Crippen LogP) is -0.960. The molecule has 0 saturated heterocycles. The number of aromatic carboxylic acids is 1. The van der Waals surface area contributed by atoms with Crippen LogP contribution in [0.25, 0.3) is 0 Å². The zero-order chi connectivity index (χ0) is 15.2. The van der Waals surface area contributed by atoms with Gasteiger partial charge in [0.05, 0.1) is 16.6 Å². The number of carboxylic acids is 1. The summed E-state index contributed by atoms with van der Waals surface area (Å²) in [6.45, 7) is 0. The molecule has 0 saturated carbocycles. The van der Waals surface area contributed by atoms with Crippen LogP contribution >= 0.6 is 0 Å². The van der Waals surface area contributed by atoms with Gasteiger partial charge in [0.25, 0.3) is 5.69 Å². The maximum Gasteiger partial charge on any atom is 1.00 e. The molecule has 0 amide bonds. The molecule has 0 aliphatic rings. The van der Waals surface area contributed by atoms with Gasteiger partial charge in [-0.1, -0.05) is 12.1 Å². The summed E-state index contributed by atoms with van der Waals surface area (Å²) in [5, 5.41) is 28.4. The van der Waals surface area contributed by atoms with Crippen molar-refractivity contribution in [3.05, 3.63) is 64.2 Å². The fourth-order valence-corrected chi connectivity index (χ4v) is 1.47. The van der Waals surface area contributed by atoms with Crippen molar-refractivity contribution in [3.63, 3.8) is 0 Å². The number of hydrogen-bond acceptors (Lipinski definition) is 7. The molecular weight excluding hydrogens is 301 g/mol. The largest absolute Gasteiger partial charge is 1.00 e. The fraction of sp³-hybridized carbons (Fsp3) is 0. The third kappa shape index (κ3) is 4.62. The average molecular weight is 309 g/mol. The maximum absolute atomic E-state index is 10.8. The van der Waals surface area contributed by atoms with E-state index >= 15 is 0 Å². The smallest absolute Gasteiger partial charge is 0.545 e. The Kier molecular flexibility index (Phi) is 6.64. The van der Waals surface area contributed by atoms with E-state index in [9.17, 15) is 20.0 Å². The number of carbonyl (C=O) groups is 1. The number of carbonyl (C=O) groups excluding carboxylic acids is 1. The molecule has 0 atom stereocenters. The first-order valence-electron chi connectivity index (χ1n) is 5.71. The van der Waals surface area contributed by atoms with Gasteiger partial charge in [-0.25, -0.2) is 0 Å². The van der Waals surface area contributed by atoms with Crippen LogP contribution in [0.15, 0.2) is 58.9 Å². The first-order chi connectivity index (χ1) is 10.1. The van der Waals surface area contributed by atoms with Crippen molar-refractivity contribution in [2.24, 2.45) is 10.4 Å². The maximum atomic E-state index is 10.8. The number of benzene rings is 2. The van der Waals surface area contributed by atoms with Gasteiger partial charge in [-0.2, -0.15) is 0 Å². The van der Waals surface area contributed by atoms with E-state index in [1.165, 1.54) is 42.5 Å². The van der Waals surface area contributed by atoms with Crippen LogP contribution in [-0.4, -0.2) is 10.9 Å². The Bertz CT molecular complexity index is 703. The molecule has 2 aromatic rings. The number of carboxylic acid groups (broad SMARTS) is 1. The minimum atomic E-state index is -1.39. The molecule has 0 spiro atoms. The van der Waals surface area contributed by atoms with E-state index in [0.29, 0.717) is 5.69 Å². The molecule has 0 fully saturated rings. The molecule has 106 valence electrons. The molecule has 2 rings (SSSR count). The second-order valence-electron chi connectivity index (χ2n) is 3.83. The minimum Gasteiger partial charge on any atom is -0.545 e. The molecule has 0 aromatic heterocycles. The monoisotopic (exact) mass is 309 g/mol. The Hall–Kier alpha value is -2.29. The van der Waals surface area contributed by atoms with Crippen LogP contribution in [0.5, 0.6) is 5.75 Å². The van der Waals surface area contributed by atoms with Gasteiger partial charge in [-0.15, -0.1) is 5.11 Å². The van der Waals surface area contributed by atoms with Crippen molar-refractivity contribution in [2.45, 2.75) is 0 Å². The van der Waals surface area contributed by atoms with Gasteiger partial charge < -0.3 is 14.7 Å². The number of nitrogens with zero attached hydrogens (tertiary/aromatic N) is 3. The minimum absolute atomic E-state index is 0. The summed E-state index contributed by atoms with van der Waals surface area (Å²) in [5.74, 6) is -1.40. The molecule has 0 heterocycles. The van der Waals surface area contributed by atoms with Crippen molar-refractivity contribution in [2.75, 3.05) is 0 Å². The molecule has 8 nitrogen and oxygen atoms in total. The van der Waals surface area contributed by atoms with Crippen molar-refractivity contribution >= 4 is 17.3 Å². The van der Waals surface area contributed by atoms with Gasteiger partial charge in [0.1, 0.15) is 0 Å². The molecule has 22 heavy (non-hydrogen) atoms. The summed E-state index contributed by atoms with van der Waals surface area (Å²) >= 11 is 0. The van der Waals surface area contributed by atoms with Gasteiger partial charge in [0.15, 0.2) is 5.75 Å². The third-order valence-electron chi connectivity index (χ3n) is 2.46. The van der Waals surface area contributed by atoms with Gasteiger partial charge in [-0.3, -0.25) is 10.1 Å². The summed E-state index contributed by atoms with van der Waals surface area (Å²) in [4.78, 5) is 25.7. The first kappa shape index (κ1) is 17.8. The van der Waals surface area contributed by atoms with Crippen LogP contribution in [0.1, 0.15) is 10.4 Å². The molecule has 9 heteroatoms. The third-order valence-corrected chi connectivity index (χ3v) is 2.46. The molecular formula is C13H8N3NaO5. The number of hydrogen-bond donors (Lipinski definition) is 0. The Labute approximate surface area is 146 Å². The second-order valence-corrected chi connectivity index (χ2v) is 3.83. The molecule has 2 aromatic carbocycles. The van der Waals surface area contributed by atoms with E-state index < -0.39 is 10.9 Å². The first-order valence-corrected chi connectivity index (χ1v) is 5.71. The normalized spacial score (nSPS) is 10.0. The number of para-hydroxylation sites is 1. The molecule has 0 radical (unpaired) electrons. The Morgan fingerprint density at radius 2 is 1.73 bits per heavy atom. The van der Waals surface area contributed by atoms with Crippen LogP contribution in [-0.2, 0) is 0 Å². The number of non-ortho nitro benzene ring substituents is 1. The molecule has 0 aliphatic carbocycles. The van der Waals surface area contributed by atoms with Gasteiger partial charge in [0, 0.05) is 23.0 Å². The van der Waals surface area contributed by atoms with Crippen LogP contribution in [0, 0.1) is 10.1 Å². The predicted molar refractivity (Wildman–Crippen MR) is 69.0 cm³/mol. The summed E-state index contributed by atoms with van der Waals surface area (Å²) in [6, 6.07) is 11.1. The van der Waals surface area contributed by atoms with E-state index in [2.05, 4.69) is 10.4 Å². The van der Waals surface area contributed by atoms with Gasteiger partial charge in [-0.05, 0) is 24.3 Å². The fourth-order valence-electron chi connectivity index (χ4n) is 1.47. The molecule has 0 bridgehead atoms. The Morgan fingerprint density at radius 3 is 2.32 bits per heavy atom. The van der Waals surface area contributed by atoms with Crippen LogP contribution in [0.3, 0.4) is 0 Å². The Morgan fingerprint density at radius 1 is 1.09 bits per heavy atom. The number of nitro groups is 1. The van der Waals surface area contributed by atoms with Crippen molar-refractivity contribution in [3.8, 4) is 5.75 Å². The standard InChI is InChI=1S/C13H9N3O5.Na/c17-13(18)11-3-1-2-4-12(11)21-15-14-9-5-7-10(8-6-9)16(19)20;/h1-8H,(H,17,18);/q;+1/p-1. The number of nitro benzene ring substituents is 1. The van der Waals surface area contributed by atoms with E-state index in [4.69, 9.17) is 4.84 Å². The summed E-state index contributed by atoms with van der Waals surface area (Å²) in [7, 11) is 0. The van der Waals surface area contributed by atoms with Crippen molar-refractivity contribution < 1.29 is 49.2 Å². The van der Waals surface area contributed by atoms with E-state index in [0.717, 1.165) is 0 Å². The van der Waals surface area contributed by atoms with Gasteiger partial charge in [0.2, 0.25) is 0 Å². The van der Waals surface area contributed by atoms with E-state index in [1.54, 1.807) is 6.07 Å². The quantitative estimate of drug-likeness (QED) is 0.305. The van der Waals surface area contributed by atoms with E-state index in [-0.39, 0.29) is 46.6 Å².